The van der Waals surface area contributed by atoms with Crippen molar-refractivity contribution in [2.24, 2.45) is 5.16 Å². The van der Waals surface area contributed by atoms with Crippen LogP contribution in [0.2, 0.25) is 0 Å². The minimum Gasteiger partial charge on any atom is -0.478 e. The third-order valence-corrected chi connectivity index (χ3v) is 4.77. The fraction of sp³-hybridized carbons (Fsp3) is 0.235. The molecule has 1 amide bonds. The van der Waals surface area contributed by atoms with Gasteiger partial charge in [0.2, 0.25) is 5.91 Å². The summed E-state index contributed by atoms with van der Waals surface area (Å²) >= 11 is 1.38. The number of benzene rings is 1. The zero-order valence-electron chi connectivity index (χ0n) is 14.3. The largest absolute Gasteiger partial charge is 0.478 e. The summed E-state index contributed by atoms with van der Waals surface area (Å²) in [4.78, 5) is 23.9. The molecule has 0 saturated carbocycles. The van der Waals surface area contributed by atoms with Crippen molar-refractivity contribution < 1.29 is 30.0 Å². The second-order valence-corrected chi connectivity index (χ2v) is 6.77. The molecule has 1 aromatic carbocycles. The number of carbonyl (C=O) groups is 2. The molecule has 1 heterocycles. The second-order valence-electron chi connectivity index (χ2n) is 5.82. The van der Waals surface area contributed by atoms with E-state index in [0.29, 0.717) is 11.3 Å². The average molecular weight is 390 g/mol. The molecular weight excluding hydrogens is 371 g/mol. The summed E-state index contributed by atoms with van der Waals surface area (Å²) in [6.07, 6.45) is 0.234. The Bertz CT molecular complexity index is 810. The van der Waals surface area contributed by atoms with Gasteiger partial charge in [-0.3, -0.25) is 4.79 Å². The van der Waals surface area contributed by atoms with E-state index in [0.717, 1.165) is 4.88 Å². The highest BCUT2D eigenvalue weighted by atomic mass is 32.1. The minimum atomic E-state index is -1.81. The van der Waals surface area contributed by atoms with Gasteiger partial charge in [-0.25, -0.2) is 4.79 Å². The summed E-state index contributed by atoms with van der Waals surface area (Å²) in [6.45, 7) is 0. The Morgan fingerprint density at radius 3 is 2.56 bits per heavy atom. The molecule has 0 aliphatic carbocycles. The van der Waals surface area contributed by atoms with Gasteiger partial charge in [0, 0.05) is 12.8 Å². The molecule has 0 bridgehead atoms. The first-order valence-electron chi connectivity index (χ1n) is 8.13. The van der Waals surface area contributed by atoms with Crippen molar-refractivity contribution >= 4 is 36.0 Å². The topological polar surface area (TPSA) is 139 Å². The molecule has 142 valence electrons. The van der Waals surface area contributed by atoms with E-state index in [2.05, 4.69) is 10.5 Å². The van der Waals surface area contributed by atoms with Gasteiger partial charge in [0.15, 0.2) is 0 Å². The third-order valence-electron chi connectivity index (χ3n) is 3.85. The summed E-state index contributed by atoms with van der Waals surface area (Å²) < 4.78 is 0. The Morgan fingerprint density at radius 2 is 1.96 bits per heavy atom. The third kappa shape index (κ3) is 6.21. The normalized spacial score (nSPS) is 12.4. The molecule has 5 N–H and O–H groups in total. The number of carboxylic acid groups (broad SMARTS) is 1. The number of rotatable bonds is 9. The molecule has 1 aromatic heterocycles. The number of amides is 1. The van der Waals surface area contributed by atoms with Gasteiger partial charge in [-0.05, 0) is 35.6 Å². The molecule has 0 radical (unpaired) electrons. The van der Waals surface area contributed by atoms with Crippen LogP contribution in [0, 0.1) is 0 Å². The predicted molar refractivity (Wildman–Crippen MR) is 101 cm³/mol. The lowest BCUT2D eigenvalue weighted by Gasteiger charge is -2.18. The lowest BCUT2D eigenvalue weighted by Crippen LogP contribution is -2.48. The summed E-state index contributed by atoms with van der Waals surface area (Å²) in [5.41, 5.74) is 0.990. The van der Waals surface area contributed by atoms with Crippen LogP contribution in [-0.2, 0) is 11.2 Å². The zero-order chi connectivity index (χ0) is 19.8. The Kier molecular flexibility index (Phi) is 7.53. The van der Waals surface area contributed by atoms with Crippen molar-refractivity contribution in [1.29, 1.82) is 0 Å². The molecule has 2 rings (SSSR count). The van der Waals surface area contributed by atoms with Crippen LogP contribution in [0.5, 0.6) is 0 Å². The maximum atomic E-state index is 12.2. The van der Waals surface area contributed by atoms with E-state index < -0.39 is 24.9 Å². The Balaban J connectivity index is 1.96. The van der Waals surface area contributed by atoms with Crippen LogP contribution < -0.4 is 5.32 Å². The van der Waals surface area contributed by atoms with Gasteiger partial charge in [-0.2, -0.15) is 0 Å². The van der Waals surface area contributed by atoms with Crippen molar-refractivity contribution in [3.05, 3.63) is 57.8 Å². The van der Waals surface area contributed by atoms with Crippen LogP contribution in [0.15, 0.2) is 46.9 Å². The SMILES string of the molecule is O=C(CCC(=NO)c1cccs1)N[C@@H](Cc1cccc(C(=O)O)c1)B(O)O. The number of carboxylic acids is 1. The number of hydrogen-bond donors (Lipinski definition) is 5. The van der Waals surface area contributed by atoms with Gasteiger partial charge in [-0.15, -0.1) is 11.3 Å². The molecule has 0 saturated heterocycles. The van der Waals surface area contributed by atoms with Gasteiger partial charge in [-0.1, -0.05) is 23.4 Å². The molecule has 0 spiro atoms. The van der Waals surface area contributed by atoms with E-state index in [-0.39, 0.29) is 24.8 Å². The smallest absolute Gasteiger partial charge is 0.475 e. The molecule has 0 aliphatic heterocycles. The minimum absolute atomic E-state index is 0.00429. The highest BCUT2D eigenvalue weighted by Gasteiger charge is 2.26. The van der Waals surface area contributed by atoms with Crippen molar-refractivity contribution in [3.63, 3.8) is 0 Å². The Morgan fingerprint density at radius 1 is 1.19 bits per heavy atom. The van der Waals surface area contributed by atoms with E-state index in [4.69, 9.17) is 10.3 Å². The van der Waals surface area contributed by atoms with Crippen molar-refractivity contribution in [2.75, 3.05) is 0 Å². The van der Waals surface area contributed by atoms with Crippen molar-refractivity contribution in [1.82, 2.24) is 5.32 Å². The lowest BCUT2D eigenvalue weighted by atomic mass is 9.75. The van der Waals surface area contributed by atoms with Crippen molar-refractivity contribution in [2.45, 2.75) is 25.2 Å². The first kappa shape index (κ1) is 20.6. The quantitative estimate of drug-likeness (QED) is 0.188. The second kappa shape index (κ2) is 9.86. The Hall–Kier alpha value is -2.69. The highest BCUT2D eigenvalue weighted by molar-refractivity contribution is 7.12. The van der Waals surface area contributed by atoms with Crippen LogP contribution in [-0.4, -0.2) is 51.0 Å². The fourth-order valence-corrected chi connectivity index (χ4v) is 3.23. The van der Waals surface area contributed by atoms with Gasteiger partial charge in [0.25, 0.3) is 0 Å². The number of hydrogen-bond acceptors (Lipinski definition) is 7. The molecule has 0 fully saturated rings. The van der Waals surface area contributed by atoms with Crippen LogP contribution in [0.4, 0.5) is 0 Å². The van der Waals surface area contributed by atoms with Gasteiger partial charge in [0.05, 0.1) is 22.1 Å². The number of oxime groups is 1. The number of thiophene rings is 1. The van der Waals surface area contributed by atoms with Gasteiger partial charge < -0.3 is 25.7 Å². The van der Waals surface area contributed by atoms with Gasteiger partial charge in [0.1, 0.15) is 0 Å². The van der Waals surface area contributed by atoms with Crippen molar-refractivity contribution in [3.8, 4) is 0 Å². The molecule has 27 heavy (non-hydrogen) atoms. The Labute approximate surface area is 159 Å². The van der Waals surface area contributed by atoms with Gasteiger partial charge >= 0.3 is 13.1 Å². The zero-order valence-corrected chi connectivity index (χ0v) is 15.1. The standard InChI is InChI=1S/C17H19BN2O6S/c21-16(7-6-13(20-26)14-5-2-8-27-14)19-15(18(24)25)10-11-3-1-4-12(9-11)17(22)23/h1-5,8-9,15,24-26H,6-7,10H2,(H,19,21)(H,22,23)/t15-/m0/s1. The van der Waals surface area contributed by atoms with E-state index >= 15 is 0 Å². The molecule has 0 aliphatic rings. The molecule has 8 nitrogen and oxygen atoms in total. The lowest BCUT2D eigenvalue weighted by molar-refractivity contribution is -0.121. The molecule has 0 unspecified atom stereocenters. The van der Waals surface area contributed by atoms with E-state index in [9.17, 15) is 19.6 Å². The maximum absolute atomic E-state index is 12.2. The van der Waals surface area contributed by atoms with E-state index in [1.165, 1.54) is 23.5 Å². The van der Waals surface area contributed by atoms with Crippen LogP contribution in [0.25, 0.3) is 0 Å². The maximum Gasteiger partial charge on any atom is 0.475 e. The summed E-state index contributed by atoms with van der Waals surface area (Å²) in [5, 5.41) is 44.7. The van der Waals surface area contributed by atoms with E-state index in [1.807, 2.05) is 5.38 Å². The molecule has 10 heteroatoms. The number of nitrogens with zero attached hydrogens (tertiary/aromatic N) is 1. The fourth-order valence-electron chi connectivity index (χ4n) is 2.49. The molecular formula is C17H19BN2O6S. The summed E-state index contributed by atoms with van der Waals surface area (Å²) in [6, 6.07) is 9.60. The monoisotopic (exact) mass is 390 g/mol. The highest BCUT2D eigenvalue weighted by Crippen LogP contribution is 2.14. The van der Waals surface area contributed by atoms with Crippen LogP contribution in [0.3, 0.4) is 0 Å². The molecule has 2 aromatic rings. The first-order chi connectivity index (χ1) is 12.9. The molecule has 1 atom stereocenters. The van der Waals surface area contributed by atoms with Crippen LogP contribution >= 0.6 is 11.3 Å². The summed E-state index contributed by atoms with van der Waals surface area (Å²) in [7, 11) is -1.81. The first-order valence-corrected chi connectivity index (χ1v) is 9.01. The number of aromatic carboxylic acids is 1. The predicted octanol–water partition coefficient (Wildman–Crippen LogP) is 1.14. The van der Waals surface area contributed by atoms with Crippen LogP contribution in [0.1, 0.15) is 33.6 Å². The average Bonchev–Trinajstić information content (AvgIpc) is 3.16. The summed E-state index contributed by atoms with van der Waals surface area (Å²) in [5.74, 6) is -2.54. The van der Waals surface area contributed by atoms with E-state index in [1.54, 1.807) is 24.3 Å². The number of carbonyl (C=O) groups excluding carboxylic acids is 1. The number of nitrogens with one attached hydrogen (secondary N) is 1.